The van der Waals surface area contributed by atoms with E-state index >= 15 is 0 Å². The van der Waals surface area contributed by atoms with Crippen LogP contribution in [0.15, 0.2) is 18.2 Å². The Balaban J connectivity index is 1.39. The fourth-order valence-corrected chi connectivity index (χ4v) is 4.34. The Morgan fingerprint density at radius 2 is 1.76 bits per heavy atom. The fraction of sp³-hybridized carbons (Fsp3) is 0.556. The van der Waals surface area contributed by atoms with E-state index in [0.29, 0.717) is 44.0 Å². The van der Waals surface area contributed by atoms with Crippen molar-refractivity contribution in [3.05, 3.63) is 23.8 Å². The number of benzene rings is 1. The molecular formula is C18H26N4O6S. The van der Waals surface area contributed by atoms with Crippen LogP contribution in [0.5, 0.6) is 11.5 Å². The summed E-state index contributed by atoms with van der Waals surface area (Å²) in [6, 6.07) is 5.31. The molecule has 2 aliphatic rings. The van der Waals surface area contributed by atoms with E-state index in [1.165, 1.54) is 22.7 Å². The number of hydrogen-bond donors (Lipinski definition) is 2. The summed E-state index contributed by atoms with van der Waals surface area (Å²) in [7, 11) is -0.400. The van der Waals surface area contributed by atoms with Crippen LogP contribution in [0.2, 0.25) is 0 Å². The number of rotatable bonds is 6. The molecule has 0 unspecified atom stereocenters. The zero-order valence-electron chi connectivity index (χ0n) is 16.5. The van der Waals surface area contributed by atoms with Gasteiger partial charge in [0.1, 0.15) is 0 Å². The molecule has 11 heteroatoms. The van der Waals surface area contributed by atoms with Crippen LogP contribution in [-0.4, -0.2) is 69.4 Å². The number of carbonyl (C=O) groups is 2. The molecule has 2 heterocycles. The van der Waals surface area contributed by atoms with Gasteiger partial charge in [-0.2, -0.15) is 17.0 Å². The second kappa shape index (κ2) is 8.97. The quantitative estimate of drug-likeness (QED) is 0.602. The molecule has 1 aromatic rings. The van der Waals surface area contributed by atoms with Gasteiger partial charge in [-0.15, -0.1) is 0 Å². The Morgan fingerprint density at radius 3 is 2.45 bits per heavy atom. The smallest absolute Gasteiger partial charge is 0.309 e. The predicted molar refractivity (Wildman–Crippen MR) is 104 cm³/mol. The average Bonchev–Trinajstić information content (AvgIpc) is 3.18. The number of nitrogens with zero attached hydrogens (tertiary/aromatic N) is 2. The maximum absolute atomic E-state index is 12.1. The van der Waals surface area contributed by atoms with E-state index in [2.05, 4.69) is 10.6 Å². The zero-order valence-corrected chi connectivity index (χ0v) is 17.3. The minimum atomic E-state index is -3.41. The highest BCUT2D eigenvalue weighted by atomic mass is 32.2. The van der Waals surface area contributed by atoms with Gasteiger partial charge < -0.3 is 20.1 Å². The molecule has 0 saturated carbocycles. The van der Waals surface area contributed by atoms with Gasteiger partial charge in [0.25, 0.3) is 10.2 Å². The molecule has 0 atom stereocenters. The van der Waals surface area contributed by atoms with Crippen LogP contribution >= 0.6 is 0 Å². The molecule has 2 N–H and O–H groups in total. The first kappa shape index (κ1) is 21.3. The van der Waals surface area contributed by atoms with Crippen molar-refractivity contribution in [1.29, 1.82) is 0 Å². The van der Waals surface area contributed by atoms with Gasteiger partial charge in [-0.3, -0.25) is 9.59 Å². The maximum atomic E-state index is 12.1. The van der Waals surface area contributed by atoms with E-state index in [9.17, 15) is 18.0 Å². The lowest BCUT2D eigenvalue weighted by Crippen LogP contribution is -2.47. The van der Waals surface area contributed by atoms with Crippen LogP contribution < -0.4 is 20.1 Å². The van der Waals surface area contributed by atoms with Crippen LogP contribution in [0.4, 0.5) is 0 Å². The number of fused-ring (bicyclic) bond motifs is 1. The molecule has 0 spiro atoms. The topological polar surface area (TPSA) is 117 Å². The first-order valence-electron chi connectivity index (χ1n) is 9.39. The van der Waals surface area contributed by atoms with Gasteiger partial charge in [0, 0.05) is 40.3 Å². The second-order valence-corrected chi connectivity index (χ2v) is 9.36. The van der Waals surface area contributed by atoms with Gasteiger partial charge in [0.05, 0.1) is 0 Å². The molecule has 0 aromatic heterocycles. The standard InChI is InChI=1S/C18H26N4O6S/c1-21(2)29(25,26)22-7-5-13(6-8-22)10-19-17(23)18(24)20-11-14-3-4-15-16(9-14)28-12-27-15/h3-4,9,13H,5-8,10-12H2,1-2H3,(H,19,23)(H,20,24). The molecule has 0 bridgehead atoms. The van der Waals surface area contributed by atoms with Gasteiger partial charge in [-0.1, -0.05) is 6.07 Å². The zero-order chi connectivity index (χ0) is 21.0. The fourth-order valence-electron chi connectivity index (χ4n) is 3.21. The van der Waals surface area contributed by atoms with Gasteiger partial charge >= 0.3 is 11.8 Å². The molecular weight excluding hydrogens is 400 g/mol. The third-order valence-electron chi connectivity index (χ3n) is 5.01. The SMILES string of the molecule is CN(C)S(=O)(=O)N1CCC(CNC(=O)C(=O)NCc2ccc3c(c2)OCO3)CC1. The Morgan fingerprint density at radius 1 is 1.10 bits per heavy atom. The van der Waals surface area contributed by atoms with Crippen LogP contribution in [-0.2, 0) is 26.3 Å². The van der Waals surface area contributed by atoms with Crippen molar-refractivity contribution < 1.29 is 27.5 Å². The lowest BCUT2D eigenvalue weighted by atomic mass is 9.98. The second-order valence-electron chi connectivity index (χ2n) is 7.21. The third-order valence-corrected chi connectivity index (χ3v) is 6.95. The highest BCUT2D eigenvalue weighted by Crippen LogP contribution is 2.32. The normalized spacial score (nSPS) is 17.3. The van der Waals surface area contributed by atoms with Crippen LogP contribution in [0.25, 0.3) is 0 Å². The number of ether oxygens (including phenoxy) is 2. The summed E-state index contributed by atoms with van der Waals surface area (Å²) >= 11 is 0. The van der Waals surface area contributed by atoms with Crippen molar-refractivity contribution in [3.8, 4) is 11.5 Å². The van der Waals surface area contributed by atoms with E-state index in [1.807, 2.05) is 0 Å². The molecule has 29 heavy (non-hydrogen) atoms. The minimum Gasteiger partial charge on any atom is -0.454 e. The van der Waals surface area contributed by atoms with Crippen LogP contribution in [0.1, 0.15) is 18.4 Å². The van der Waals surface area contributed by atoms with E-state index in [4.69, 9.17) is 9.47 Å². The van der Waals surface area contributed by atoms with Crippen molar-refractivity contribution in [3.63, 3.8) is 0 Å². The van der Waals surface area contributed by atoms with Crippen LogP contribution in [0, 0.1) is 5.92 Å². The molecule has 3 rings (SSSR count). The summed E-state index contributed by atoms with van der Waals surface area (Å²) < 4.78 is 37.4. The van der Waals surface area contributed by atoms with Crippen LogP contribution in [0.3, 0.4) is 0 Å². The monoisotopic (exact) mass is 426 g/mol. The lowest BCUT2D eigenvalue weighted by Gasteiger charge is -2.32. The summed E-state index contributed by atoms with van der Waals surface area (Å²) in [5.41, 5.74) is 0.796. The number of amides is 2. The van der Waals surface area contributed by atoms with Crippen molar-refractivity contribution >= 4 is 22.0 Å². The first-order valence-corrected chi connectivity index (χ1v) is 10.8. The number of piperidine rings is 1. The molecule has 2 aliphatic heterocycles. The highest BCUT2D eigenvalue weighted by Gasteiger charge is 2.29. The predicted octanol–water partition coefficient (Wildman–Crippen LogP) is -0.334. The van der Waals surface area contributed by atoms with Crippen molar-refractivity contribution in [2.45, 2.75) is 19.4 Å². The minimum absolute atomic E-state index is 0.134. The Bertz CT molecular complexity index is 865. The molecule has 1 fully saturated rings. The van der Waals surface area contributed by atoms with E-state index in [-0.39, 0.29) is 19.3 Å². The first-order chi connectivity index (χ1) is 13.8. The van der Waals surface area contributed by atoms with Crippen molar-refractivity contribution in [2.24, 2.45) is 5.92 Å². The number of hydrogen-bond acceptors (Lipinski definition) is 6. The molecule has 10 nitrogen and oxygen atoms in total. The molecule has 0 aliphatic carbocycles. The van der Waals surface area contributed by atoms with Gasteiger partial charge in [-0.05, 0) is 36.5 Å². The Kier molecular flexibility index (Phi) is 6.60. The van der Waals surface area contributed by atoms with E-state index in [1.54, 1.807) is 18.2 Å². The average molecular weight is 426 g/mol. The molecule has 0 radical (unpaired) electrons. The molecule has 1 aromatic carbocycles. The number of nitrogens with one attached hydrogen (secondary N) is 2. The summed E-state index contributed by atoms with van der Waals surface area (Å²) in [5.74, 6) is -0.00957. The number of carbonyl (C=O) groups excluding carboxylic acids is 2. The Labute approximate surface area is 170 Å². The van der Waals surface area contributed by atoms with E-state index in [0.717, 1.165) is 5.56 Å². The summed E-state index contributed by atoms with van der Waals surface area (Å²) in [6.45, 7) is 1.51. The summed E-state index contributed by atoms with van der Waals surface area (Å²) in [5, 5.41) is 5.21. The van der Waals surface area contributed by atoms with Gasteiger partial charge in [0.2, 0.25) is 6.79 Å². The summed E-state index contributed by atoms with van der Waals surface area (Å²) in [6.07, 6.45) is 1.26. The third kappa shape index (κ3) is 5.17. The van der Waals surface area contributed by atoms with Gasteiger partial charge in [-0.25, -0.2) is 0 Å². The summed E-state index contributed by atoms with van der Waals surface area (Å²) in [4.78, 5) is 24.0. The lowest BCUT2D eigenvalue weighted by molar-refractivity contribution is -0.139. The van der Waals surface area contributed by atoms with Gasteiger partial charge in [0.15, 0.2) is 11.5 Å². The Hall–Kier alpha value is -2.37. The molecule has 1 saturated heterocycles. The highest BCUT2D eigenvalue weighted by molar-refractivity contribution is 7.86. The molecule has 160 valence electrons. The van der Waals surface area contributed by atoms with Crippen molar-refractivity contribution in [2.75, 3.05) is 40.5 Å². The van der Waals surface area contributed by atoms with E-state index < -0.39 is 22.0 Å². The maximum Gasteiger partial charge on any atom is 0.309 e. The van der Waals surface area contributed by atoms with Crippen molar-refractivity contribution in [1.82, 2.24) is 19.2 Å². The molecule has 2 amide bonds. The largest absolute Gasteiger partial charge is 0.454 e.